The second-order valence-corrected chi connectivity index (χ2v) is 7.21. The van der Waals surface area contributed by atoms with Crippen LogP contribution in [0.3, 0.4) is 0 Å². The van der Waals surface area contributed by atoms with E-state index >= 15 is 0 Å². The maximum absolute atomic E-state index is 12.4. The highest BCUT2D eigenvalue weighted by Crippen LogP contribution is 2.31. The molecule has 2 aromatic heterocycles. The van der Waals surface area contributed by atoms with Gasteiger partial charge in [0.05, 0.1) is 11.7 Å². The number of benzene rings is 2. The van der Waals surface area contributed by atoms with Crippen LogP contribution < -0.4 is 15.7 Å². The average Bonchev–Trinajstić information content (AvgIpc) is 3.27. The van der Waals surface area contributed by atoms with E-state index in [-0.39, 0.29) is 11.5 Å². The highest BCUT2D eigenvalue weighted by molar-refractivity contribution is 6.05. The van der Waals surface area contributed by atoms with Crippen molar-refractivity contribution >= 4 is 27.6 Å². The fourth-order valence-corrected chi connectivity index (χ4v) is 3.47. The molecule has 1 N–H and O–H groups in total. The van der Waals surface area contributed by atoms with Gasteiger partial charge in [-0.2, -0.15) is 0 Å². The van der Waals surface area contributed by atoms with Crippen LogP contribution in [0.1, 0.15) is 18.9 Å². The molecule has 154 valence electrons. The number of hydrogen-bond acceptors (Lipinski definition) is 5. The molecule has 4 rings (SSSR count). The van der Waals surface area contributed by atoms with Crippen LogP contribution in [0.15, 0.2) is 64.3 Å². The Bertz CT molecular complexity index is 1240. The molecular weight excluding hydrogens is 382 g/mol. The Morgan fingerprint density at radius 1 is 1.20 bits per heavy atom. The number of aromatic nitrogens is 2. The molecule has 1 unspecified atom stereocenters. The number of carbonyl (C=O) groups excluding carboxylic acids is 1. The molecule has 0 saturated carbocycles. The van der Waals surface area contributed by atoms with Crippen LogP contribution in [0.4, 0.5) is 0 Å². The number of hydrogen-bond donors (Lipinski definition) is 1. The van der Waals surface area contributed by atoms with Crippen molar-refractivity contribution in [1.29, 1.82) is 0 Å². The summed E-state index contributed by atoms with van der Waals surface area (Å²) in [5.41, 5.74) is 0.779. The number of carbonyl (C=O) groups is 1. The SMILES string of the molecule is Cc1c(OC(C)C(=O)NCCCn2ccnc2)ccc2c1oc(=O)c1ccccc12. The van der Waals surface area contributed by atoms with Crippen molar-refractivity contribution in [3.05, 3.63) is 71.1 Å². The van der Waals surface area contributed by atoms with Gasteiger partial charge in [0.1, 0.15) is 11.3 Å². The predicted molar refractivity (Wildman–Crippen MR) is 115 cm³/mol. The largest absolute Gasteiger partial charge is 0.480 e. The molecule has 2 heterocycles. The fourth-order valence-electron chi connectivity index (χ4n) is 3.47. The minimum atomic E-state index is -0.679. The molecule has 2 aromatic carbocycles. The molecule has 1 amide bonds. The summed E-state index contributed by atoms with van der Waals surface area (Å²) in [6.07, 6.45) is 5.48. The number of imidazole rings is 1. The van der Waals surface area contributed by atoms with E-state index in [1.807, 2.05) is 48.0 Å². The van der Waals surface area contributed by atoms with E-state index in [9.17, 15) is 9.59 Å². The molecule has 0 fully saturated rings. The Kier molecular flexibility index (Phi) is 5.52. The van der Waals surface area contributed by atoms with Crippen LogP contribution in [0.5, 0.6) is 5.75 Å². The first-order chi connectivity index (χ1) is 14.5. The Labute approximate surface area is 173 Å². The Morgan fingerprint density at radius 2 is 2.00 bits per heavy atom. The van der Waals surface area contributed by atoms with Crippen molar-refractivity contribution in [3.63, 3.8) is 0 Å². The maximum Gasteiger partial charge on any atom is 0.344 e. The van der Waals surface area contributed by atoms with Gasteiger partial charge in [0.15, 0.2) is 6.10 Å². The second-order valence-electron chi connectivity index (χ2n) is 7.21. The number of rotatable bonds is 7. The van der Waals surface area contributed by atoms with E-state index in [0.29, 0.717) is 28.8 Å². The quantitative estimate of drug-likeness (QED) is 0.289. The maximum atomic E-state index is 12.4. The monoisotopic (exact) mass is 405 g/mol. The highest BCUT2D eigenvalue weighted by Gasteiger charge is 2.18. The third-order valence-corrected chi connectivity index (χ3v) is 5.11. The number of aryl methyl sites for hydroxylation is 2. The summed E-state index contributed by atoms with van der Waals surface area (Å²) in [5, 5.41) is 5.10. The molecule has 4 aromatic rings. The summed E-state index contributed by atoms with van der Waals surface area (Å²) >= 11 is 0. The highest BCUT2D eigenvalue weighted by atomic mass is 16.5. The van der Waals surface area contributed by atoms with E-state index in [0.717, 1.165) is 23.7 Å². The number of nitrogens with one attached hydrogen (secondary N) is 1. The molecule has 7 heteroatoms. The molecule has 0 spiro atoms. The Hall–Kier alpha value is -3.61. The van der Waals surface area contributed by atoms with E-state index in [2.05, 4.69) is 10.3 Å². The van der Waals surface area contributed by atoms with Gasteiger partial charge in [-0.05, 0) is 43.9 Å². The molecule has 0 aliphatic heterocycles. The first kappa shape index (κ1) is 19.7. The lowest BCUT2D eigenvalue weighted by molar-refractivity contribution is -0.127. The normalized spacial score (nSPS) is 12.2. The number of nitrogens with zero attached hydrogens (tertiary/aromatic N) is 2. The lowest BCUT2D eigenvalue weighted by Crippen LogP contribution is -2.37. The minimum absolute atomic E-state index is 0.194. The molecule has 0 aliphatic carbocycles. The van der Waals surface area contributed by atoms with E-state index in [1.54, 1.807) is 25.5 Å². The van der Waals surface area contributed by atoms with Gasteiger partial charge in [0, 0.05) is 36.4 Å². The molecule has 7 nitrogen and oxygen atoms in total. The van der Waals surface area contributed by atoms with Crippen LogP contribution in [0.2, 0.25) is 0 Å². The lowest BCUT2D eigenvalue weighted by Gasteiger charge is -2.17. The van der Waals surface area contributed by atoms with E-state index < -0.39 is 6.10 Å². The smallest absolute Gasteiger partial charge is 0.344 e. The van der Waals surface area contributed by atoms with Gasteiger partial charge in [-0.25, -0.2) is 9.78 Å². The molecule has 30 heavy (non-hydrogen) atoms. The molecule has 0 bridgehead atoms. The molecule has 1 atom stereocenters. The standard InChI is InChI=1S/C23H23N3O4/c1-15-20(29-16(2)22(27)25-10-5-12-26-13-11-24-14-26)9-8-18-17-6-3-4-7-19(17)23(28)30-21(15)18/h3-4,6-9,11,13-14,16H,5,10,12H2,1-2H3,(H,25,27). The third-order valence-electron chi connectivity index (χ3n) is 5.11. The summed E-state index contributed by atoms with van der Waals surface area (Å²) in [6.45, 7) is 4.85. The summed E-state index contributed by atoms with van der Waals surface area (Å²) in [6, 6.07) is 11.0. The minimum Gasteiger partial charge on any atom is -0.480 e. The van der Waals surface area contributed by atoms with Crippen LogP contribution >= 0.6 is 0 Å². The Balaban J connectivity index is 1.46. The first-order valence-electron chi connectivity index (χ1n) is 9.90. The first-order valence-corrected chi connectivity index (χ1v) is 9.90. The summed E-state index contributed by atoms with van der Waals surface area (Å²) in [5.74, 6) is 0.321. The van der Waals surface area contributed by atoms with Crippen molar-refractivity contribution in [2.24, 2.45) is 0 Å². The van der Waals surface area contributed by atoms with Crippen LogP contribution in [0.25, 0.3) is 21.7 Å². The third kappa shape index (κ3) is 3.91. The zero-order chi connectivity index (χ0) is 21.1. The second kappa shape index (κ2) is 8.41. The molecule has 0 radical (unpaired) electrons. The lowest BCUT2D eigenvalue weighted by atomic mass is 10.0. The van der Waals surface area contributed by atoms with Crippen LogP contribution in [-0.4, -0.2) is 28.1 Å². The molecular formula is C23H23N3O4. The van der Waals surface area contributed by atoms with Crippen molar-refractivity contribution in [1.82, 2.24) is 14.9 Å². The van der Waals surface area contributed by atoms with Gasteiger partial charge in [-0.15, -0.1) is 0 Å². The topological polar surface area (TPSA) is 86.4 Å². The fraction of sp³-hybridized carbons (Fsp3) is 0.261. The number of amides is 1. The van der Waals surface area contributed by atoms with Gasteiger partial charge in [-0.1, -0.05) is 18.2 Å². The van der Waals surface area contributed by atoms with Gasteiger partial charge in [0.2, 0.25) is 0 Å². The van der Waals surface area contributed by atoms with Gasteiger partial charge >= 0.3 is 5.63 Å². The number of ether oxygens (including phenoxy) is 1. The molecule has 0 aliphatic rings. The van der Waals surface area contributed by atoms with Gasteiger partial charge < -0.3 is 19.0 Å². The summed E-state index contributed by atoms with van der Waals surface area (Å²) < 4.78 is 13.4. The summed E-state index contributed by atoms with van der Waals surface area (Å²) in [7, 11) is 0. The van der Waals surface area contributed by atoms with Crippen LogP contribution in [0, 0.1) is 6.92 Å². The average molecular weight is 405 g/mol. The zero-order valence-corrected chi connectivity index (χ0v) is 16.9. The number of fused-ring (bicyclic) bond motifs is 3. The van der Waals surface area contributed by atoms with Crippen LogP contribution in [-0.2, 0) is 11.3 Å². The van der Waals surface area contributed by atoms with Gasteiger partial charge in [0.25, 0.3) is 5.91 Å². The van der Waals surface area contributed by atoms with Gasteiger partial charge in [-0.3, -0.25) is 4.79 Å². The van der Waals surface area contributed by atoms with Crippen molar-refractivity contribution in [2.75, 3.05) is 6.54 Å². The summed E-state index contributed by atoms with van der Waals surface area (Å²) in [4.78, 5) is 28.7. The van der Waals surface area contributed by atoms with Crippen molar-refractivity contribution < 1.29 is 13.9 Å². The Morgan fingerprint density at radius 3 is 2.77 bits per heavy atom. The van der Waals surface area contributed by atoms with Crippen molar-refractivity contribution in [2.45, 2.75) is 32.9 Å². The van der Waals surface area contributed by atoms with E-state index in [4.69, 9.17) is 9.15 Å². The van der Waals surface area contributed by atoms with Crippen molar-refractivity contribution in [3.8, 4) is 5.75 Å². The predicted octanol–water partition coefficient (Wildman–Crippen LogP) is 3.42. The molecule has 0 saturated heterocycles. The van der Waals surface area contributed by atoms with E-state index in [1.165, 1.54) is 0 Å². The zero-order valence-electron chi connectivity index (χ0n) is 16.9.